The maximum atomic E-state index is 12.2. The molecule has 2 aromatic rings. The zero-order chi connectivity index (χ0) is 14.5. The second-order valence-electron chi connectivity index (χ2n) is 4.93. The van der Waals surface area contributed by atoms with Crippen LogP contribution in [0.25, 0.3) is 11.4 Å². The van der Waals surface area contributed by atoms with Crippen LogP contribution in [0.1, 0.15) is 10.4 Å². The van der Waals surface area contributed by atoms with Gasteiger partial charge in [0.2, 0.25) is 0 Å². The second kappa shape index (κ2) is 6.51. The number of nitrogens with zero attached hydrogens (tertiary/aromatic N) is 1. The molecule has 21 heavy (non-hydrogen) atoms. The fourth-order valence-electron chi connectivity index (χ4n) is 2.29. The molecule has 1 amide bonds. The molecule has 0 radical (unpaired) electrons. The van der Waals surface area contributed by atoms with Crippen LogP contribution in [0.5, 0.6) is 0 Å². The Balaban J connectivity index is 1.63. The highest BCUT2D eigenvalue weighted by Crippen LogP contribution is 2.15. The number of hydrogen-bond acceptors (Lipinski definition) is 4. The third-order valence-electron chi connectivity index (χ3n) is 3.39. The molecule has 0 spiro atoms. The third kappa shape index (κ3) is 3.48. The normalized spacial score (nSPS) is 18.4. The van der Waals surface area contributed by atoms with Crippen LogP contribution in [-0.2, 0) is 4.74 Å². The Bertz CT molecular complexity index is 591. The van der Waals surface area contributed by atoms with Crippen LogP contribution < -0.4 is 10.6 Å². The molecule has 0 aliphatic carbocycles. The highest BCUT2D eigenvalue weighted by Gasteiger charge is 2.15. The number of hydrogen-bond donors (Lipinski definition) is 3. The van der Waals surface area contributed by atoms with Crippen molar-refractivity contribution >= 4 is 5.91 Å². The van der Waals surface area contributed by atoms with E-state index in [0.717, 1.165) is 24.5 Å². The smallest absolute Gasteiger partial charge is 0.251 e. The van der Waals surface area contributed by atoms with Gasteiger partial charge in [0.25, 0.3) is 5.91 Å². The molecular weight excluding hydrogens is 268 g/mol. The van der Waals surface area contributed by atoms with Gasteiger partial charge in [0, 0.05) is 43.2 Å². The number of nitrogens with one attached hydrogen (secondary N) is 3. The van der Waals surface area contributed by atoms with E-state index in [1.54, 1.807) is 18.5 Å². The summed E-state index contributed by atoms with van der Waals surface area (Å²) in [6, 6.07) is 7.39. The molecule has 2 heterocycles. The Kier molecular flexibility index (Phi) is 4.28. The Morgan fingerprint density at radius 2 is 2.43 bits per heavy atom. The van der Waals surface area contributed by atoms with Crippen molar-refractivity contribution in [2.45, 2.75) is 6.10 Å². The van der Waals surface area contributed by atoms with Gasteiger partial charge in [-0.2, -0.15) is 0 Å². The number of benzene rings is 1. The van der Waals surface area contributed by atoms with Crippen molar-refractivity contribution in [2.24, 2.45) is 0 Å². The fraction of sp³-hybridized carbons (Fsp3) is 0.333. The van der Waals surface area contributed by atoms with E-state index in [2.05, 4.69) is 20.6 Å². The second-order valence-corrected chi connectivity index (χ2v) is 4.93. The molecule has 0 unspecified atom stereocenters. The molecule has 110 valence electrons. The Labute approximate surface area is 122 Å². The highest BCUT2D eigenvalue weighted by molar-refractivity contribution is 5.95. The molecular formula is C15H18N4O2. The van der Waals surface area contributed by atoms with Gasteiger partial charge in [-0.1, -0.05) is 12.1 Å². The van der Waals surface area contributed by atoms with Gasteiger partial charge in [-0.3, -0.25) is 4.79 Å². The minimum Gasteiger partial charge on any atom is -0.374 e. The molecule has 3 N–H and O–H groups in total. The summed E-state index contributed by atoms with van der Waals surface area (Å²) in [7, 11) is 0. The molecule has 1 aliphatic rings. The summed E-state index contributed by atoms with van der Waals surface area (Å²) in [6.07, 6.45) is 3.49. The first-order chi connectivity index (χ1) is 10.3. The van der Waals surface area contributed by atoms with Crippen molar-refractivity contribution in [3.05, 3.63) is 42.2 Å². The minimum atomic E-state index is -0.0995. The number of aromatic amines is 1. The van der Waals surface area contributed by atoms with E-state index >= 15 is 0 Å². The lowest BCUT2D eigenvalue weighted by molar-refractivity contribution is 0.0287. The number of amides is 1. The first kappa shape index (κ1) is 13.8. The summed E-state index contributed by atoms with van der Waals surface area (Å²) in [6.45, 7) is 2.84. The molecule has 1 atom stereocenters. The average Bonchev–Trinajstić information content (AvgIpc) is 3.08. The summed E-state index contributed by atoms with van der Waals surface area (Å²) < 4.78 is 5.55. The van der Waals surface area contributed by atoms with Gasteiger partial charge in [0.15, 0.2) is 0 Å². The number of ether oxygens (including phenoxy) is 1. The van der Waals surface area contributed by atoms with E-state index < -0.39 is 0 Å². The van der Waals surface area contributed by atoms with Crippen molar-refractivity contribution in [1.82, 2.24) is 20.6 Å². The molecule has 0 bridgehead atoms. The number of aromatic nitrogens is 2. The van der Waals surface area contributed by atoms with Crippen LogP contribution >= 0.6 is 0 Å². The molecule has 6 nitrogen and oxygen atoms in total. The van der Waals surface area contributed by atoms with Gasteiger partial charge >= 0.3 is 0 Å². The van der Waals surface area contributed by atoms with Gasteiger partial charge in [0.05, 0.1) is 12.7 Å². The quantitative estimate of drug-likeness (QED) is 0.776. The van der Waals surface area contributed by atoms with Crippen molar-refractivity contribution < 1.29 is 9.53 Å². The number of carbonyl (C=O) groups is 1. The largest absolute Gasteiger partial charge is 0.374 e. The summed E-state index contributed by atoms with van der Waals surface area (Å²) in [5.74, 6) is 0.655. The Morgan fingerprint density at radius 3 is 3.19 bits per heavy atom. The van der Waals surface area contributed by atoms with Crippen LogP contribution in [0.15, 0.2) is 36.7 Å². The van der Waals surface area contributed by atoms with Crippen molar-refractivity contribution in [2.75, 3.05) is 26.2 Å². The van der Waals surface area contributed by atoms with E-state index in [4.69, 9.17) is 4.74 Å². The molecule has 3 rings (SSSR count). The number of H-pyrrole nitrogens is 1. The van der Waals surface area contributed by atoms with Gasteiger partial charge in [-0.15, -0.1) is 0 Å². The SMILES string of the molecule is O=C(NC[C@H]1CNCCO1)c1cccc(-c2ncc[nH]2)c1. The molecule has 0 saturated carbocycles. The number of imidazole rings is 1. The molecule has 1 aliphatic heterocycles. The fourth-order valence-corrected chi connectivity index (χ4v) is 2.29. The zero-order valence-corrected chi connectivity index (χ0v) is 11.6. The zero-order valence-electron chi connectivity index (χ0n) is 11.6. The molecule has 1 aromatic carbocycles. The summed E-state index contributed by atoms with van der Waals surface area (Å²) >= 11 is 0. The van der Waals surface area contributed by atoms with E-state index in [9.17, 15) is 4.79 Å². The lowest BCUT2D eigenvalue weighted by Gasteiger charge is -2.23. The molecule has 1 aromatic heterocycles. The van der Waals surface area contributed by atoms with Gasteiger partial charge in [0.1, 0.15) is 5.82 Å². The number of rotatable bonds is 4. The first-order valence-corrected chi connectivity index (χ1v) is 7.03. The summed E-state index contributed by atoms with van der Waals surface area (Å²) in [5, 5.41) is 6.14. The maximum absolute atomic E-state index is 12.2. The van der Waals surface area contributed by atoms with Crippen molar-refractivity contribution in [3.8, 4) is 11.4 Å². The Morgan fingerprint density at radius 1 is 1.48 bits per heavy atom. The van der Waals surface area contributed by atoms with Crippen molar-refractivity contribution in [1.29, 1.82) is 0 Å². The molecule has 1 fully saturated rings. The lowest BCUT2D eigenvalue weighted by Crippen LogP contribution is -2.45. The van der Waals surface area contributed by atoms with E-state index in [-0.39, 0.29) is 12.0 Å². The summed E-state index contributed by atoms with van der Waals surface area (Å²) in [4.78, 5) is 19.4. The maximum Gasteiger partial charge on any atom is 0.251 e. The van der Waals surface area contributed by atoms with Crippen LogP contribution in [0.2, 0.25) is 0 Å². The highest BCUT2D eigenvalue weighted by atomic mass is 16.5. The van der Waals surface area contributed by atoms with Gasteiger partial charge in [-0.05, 0) is 12.1 Å². The third-order valence-corrected chi connectivity index (χ3v) is 3.39. The van der Waals surface area contributed by atoms with E-state index in [1.807, 2.05) is 18.2 Å². The lowest BCUT2D eigenvalue weighted by atomic mass is 10.1. The Hall–Kier alpha value is -2.18. The van der Waals surface area contributed by atoms with Crippen LogP contribution in [0.3, 0.4) is 0 Å². The number of carbonyl (C=O) groups excluding carboxylic acids is 1. The van der Waals surface area contributed by atoms with Crippen LogP contribution in [-0.4, -0.2) is 48.2 Å². The van der Waals surface area contributed by atoms with Crippen LogP contribution in [0.4, 0.5) is 0 Å². The van der Waals surface area contributed by atoms with E-state index in [0.29, 0.717) is 18.7 Å². The average molecular weight is 286 g/mol. The van der Waals surface area contributed by atoms with Crippen LogP contribution in [0, 0.1) is 0 Å². The topological polar surface area (TPSA) is 79.0 Å². The van der Waals surface area contributed by atoms with Gasteiger partial charge < -0.3 is 20.4 Å². The monoisotopic (exact) mass is 286 g/mol. The summed E-state index contributed by atoms with van der Waals surface area (Å²) in [5.41, 5.74) is 1.51. The standard InChI is InChI=1S/C15H18N4O2/c20-15(19-10-13-9-16-6-7-21-13)12-3-1-2-11(8-12)14-17-4-5-18-14/h1-5,8,13,16H,6-7,9-10H2,(H,17,18)(H,19,20)/t13-/m1/s1. The predicted molar refractivity (Wildman–Crippen MR) is 79.0 cm³/mol. The molecule has 1 saturated heterocycles. The molecule has 6 heteroatoms. The predicted octanol–water partition coefficient (Wildman–Crippen LogP) is 0.795. The first-order valence-electron chi connectivity index (χ1n) is 7.03. The van der Waals surface area contributed by atoms with Gasteiger partial charge in [-0.25, -0.2) is 4.98 Å². The number of morpholine rings is 1. The van der Waals surface area contributed by atoms with E-state index in [1.165, 1.54) is 0 Å². The minimum absolute atomic E-state index is 0.0379. The van der Waals surface area contributed by atoms with Crippen molar-refractivity contribution in [3.63, 3.8) is 0 Å².